The van der Waals surface area contributed by atoms with E-state index in [1.54, 1.807) is 0 Å². The van der Waals surface area contributed by atoms with E-state index in [4.69, 9.17) is 4.74 Å². The van der Waals surface area contributed by atoms with E-state index in [1.165, 1.54) is 5.56 Å². The zero-order chi connectivity index (χ0) is 14.9. The number of hydrogen-bond acceptors (Lipinski definition) is 3. The van der Waals surface area contributed by atoms with Crippen LogP contribution in [0.1, 0.15) is 37.2 Å². The molecule has 0 unspecified atom stereocenters. The van der Waals surface area contributed by atoms with Crippen molar-refractivity contribution in [3.05, 3.63) is 17.0 Å². The standard InChI is InChI=1S/C15H25N3O2/c1-11-13(12(2)17(5)16-11)6-7-14(19)18-8-9-20-15(3,4)10-18/h6-10H2,1-5H3. The van der Waals surface area contributed by atoms with E-state index in [-0.39, 0.29) is 11.5 Å². The molecule has 0 saturated carbocycles. The van der Waals surface area contributed by atoms with Gasteiger partial charge >= 0.3 is 0 Å². The molecule has 112 valence electrons. The van der Waals surface area contributed by atoms with Crippen LogP contribution in [-0.2, 0) is 23.0 Å². The third-order valence-corrected chi connectivity index (χ3v) is 4.03. The fourth-order valence-corrected chi connectivity index (χ4v) is 2.80. The van der Waals surface area contributed by atoms with Gasteiger partial charge in [-0.2, -0.15) is 5.10 Å². The van der Waals surface area contributed by atoms with E-state index in [9.17, 15) is 4.79 Å². The molecule has 1 aromatic heterocycles. The van der Waals surface area contributed by atoms with Gasteiger partial charge in [-0.1, -0.05) is 0 Å². The summed E-state index contributed by atoms with van der Waals surface area (Å²) in [6.07, 6.45) is 1.31. The van der Waals surface area contributed by atoms with Crippen LogP contribution < -0.4 is 0 Å². The number of nitrogens with zero attached hydrogens (tertiary/aromatic N) is 3. The Labute approximate surface area is 120 Å². The number of aromatic nitrogens is 2. The summed E-state index contributed by atoms with van der Waals surface area (Å²) < 4.78 is 7.52. The molecule has 1 aliphatic heterocycles. The molecule has 5 heteroatoms. The van der Waals surface area contributed by atoms with Crippen LogP contribution in [0.4, 0.5) is 0 Å². The first-order valence-electron chi connectivity index (χ1n) is 7.21. The Hall–Kier alpha value is -1.36. The molecule has 0 aromatic carbocycles. The van der Waals surface area contributed by atoms with Crippen molar-refractivity contribution in [1.82, 2.24) is 14.7 Å². The van der Waals surface area contributed by atoms with Gasteiger partial charge in [0.15, 0.2) is 0 Å². The molecule has 0 radical (unpaired) electrons. The van der Waals surface area contributed by atoms with Gasteiger partial charge in [-0.3, -0.25) is 9.48 Å². The van der Waals surface area contributed by atoms with Crippen LogP contribution in [0.3, 0.4) is 0 Å². The zero-order valence-corrected chi connectivity index (χ0v) is 13.2. The van der Waals surface area contributed by atoms with Crippen molar-refractivity contribution >= 4 is 5.91 Å². The van der Waals surface area contributed by atoms with E-state index in [0.29, 0.717) is 26.1 Å². The first-order valence-corrected chi connectivity index (χ1v) is 7.21. The lowest BCUT2D eigenvalue weighted by molar-refractivity contribution is -0.145. The van der Waals surface area contributed by atoms with E-state index >= 15 is 0 Å². The molecule has 0 bridgehead atoms. The average Bonchev–Trinajstić information content (AvgIpc) is 2.60. The first kappa shape index (κ1) is 15.0. The van der Waals surface area contributed by atoms with Gasteiger partial charge in [0.25, 0.3) is 0 Å². The summed E-state index contributed by atoms with van der Waals surface area (Å²) in [5.74, 6) is 0.212. The fraction of sp³-hybridized carbons (Fsp3) is 0.733. The molecular formula is C15H25N3O2. The predicted molar refractivity (Wildman–Crippen MR) is 77.6 cm³/mol. The zero-order valence-electron chi connectivity index (χ0n) is 13.2. The van der Waals surface area contributed by atoms with E-state index in [0.717, 1.165) is 17.8 Å². The predicted octanol–water partition coefficient (Wildman–Crippen LogP) is 1.61. The van der Waals surface area contributed by atoms with E-state index in [2.05, 4.69) is 12.0 Å². The Bertz CT molecular complexity index is 505. The monoisotopic (exact) mass is 279 g/mol. The van der Waals surface area contributed by atoms with Crippen molar-refractivity contribution < 1.29 is 9.53 Å². The SMILES string of the molecule is Cc1nn(C)c(C)c1CCC(=O)N1CCOC(C)(C)C1. The Morgan fingerprint density at radius 1 is 1.40 bits per heavy atom. The summed E-state index contributed by atoms with van der Waals surface area (Å²) >= 11 is 0. The Morgan fingerprint density at radius 3 is 2.65 bits per heavy atom. The highest BCUT2D eigenvalue weighted by molar-refractivity contribution is 5.76. The molecule has 0 N–H and O–H groups in total. The van der Waals surface area contributed by atoms with Crippen molar-refractivity contribution in [3.8, 4) is 0 Å². The van der Waals surface area contributed by atoms with Crippen LogP contribution in [-0.4, -0.2) is 45.9 Å². The third-order valence-electron chi connectivity index (χ3n) is 4.03. The van der Waals surface area contributed by atoms with Gasteiger partial charge in [0.05, 0.1) is 17.9 Å². The molecule has 1 aliphatic rings. The minimum absolute atomic E-state index is 0.212. The number of morpholine rings is 1. The van der Waals surface area contributed by atoms with Crippen molar-refractivity contribution in [1.29, 1.82) is 0 Å². The van der Waals surface area contributed by atoms with Gasteiger partial charge in [-0.15, -0.1) is 0 Å². The number of aryl methyl sites for hydroxylation is 2. The Balaban J connectivity index is 1.95. The molecule has 1 amide bonds. The summed E-state index contributed by atoms with van der Waals surface area (Å²) in [5, 5.41) is 4.40. The minimum atomic E-state index is -0.228. The molecule has 0 aliphatic carbocycles. The molecule has 0 spiro atoms. The van der Waals surface area contributed by atoms with Crippen molar-refractivity contribution in [3.63, 3.8) is 0 Å². The summed E-state index contributed by atoms with van der Waals surface area (Å²) in [5.41, 5.74) is 3.15. The molecule has 2 heterocycles. The highest BCUT2D eigenvalue weighted by Crippen LogP contribution is 2.19. The minimum Gasteiger partial charge on any atom is -0.372 e. The second-order valence-electron chi connectivity index (χ2n) is 6.20. The van der Waals surface area contributed by atoms with Crippen LogP contribution in [0.15, 0.2) is 0 Å². The molecule has 5 nitrogen and oxygen atoms in total. The average molecular weight is 279 g/mol. The Kier molecular flexibility index (Phi) is 4.18. The highest BCUT2D eigenvalue weighted by Gasteiger charge is 2.29. The number of ether oxygens (including phenoxy) is 1. The quantitative estimate of drug-likeness (QED) is 0.844. The normalized spacial score (nSPS) is 18.4. The van der Waals surface area contributed by atoms with E-state index in [1.807, 2.05) is 37.4 Å². The van der Waals surface area contributed by atoms with Gasteiger partial charge in [0.2, 0.25) is 5.91 Å². The van der Waals surface area contributed by atoms with Crippen LogP contribution in [0, 0.1) is 13.8 Å². The summed E-state index contributed by atoms with van der Waals surface area (Å²) in [6.45, 7) is 10.1. The largest absolute Gasteiger partial charge is 0.372 e. The number of rotatable bonds is 3. The van der Waals surface area contributed by atoms with Gasteiger partial charge in [0, 0.05) is 32.3 Å². The van der Waals surface area contributed by atoms with Gasteiger partial charge in [0.1, 0.15) is 0 Å². The second kappa shape index (κ2) is 5.56. The molecular weight excluding hydrogens is 254 g/mol. The first-order chi connectivity index (χ1) is 9.30. The lowest BCUT2D eigenvalue weighted by Crippen LogP contribution is -2.50. The maximum atomic E-state index is 12.3. The fourth-order valence-electron chi connectivity index (χ4n) is 2.80. The van der Waals surface area contributed by atoms with Crippen LogP contribution >= 0.6 is 0 Å². The lowest BCUT2D eigenvalue weighted by atomic mass is 10.0. The highest BCUT2D eigenvalue weighted by atomic mass is 16.5. The molecule has 1 fully saturated rings. The number of carbonyl (C=O) groups excluding carboxylic acids is 1. The lowest BCUT2D eigenvalue weighted by Gasteiger charge is -2.38. The molecule has 20 heavy (non-hydrogen) atoms. The maximum absolute atomic E-state index is 12.3. The topological polar surface area (TPSA) is 47.4 Å². The number of carbonyl (C=O) groups is 1. The molecule has 1 saturated heterocycles. The summed E-state index contributed by atoms with van der Waals surface area (Å²) in [4.78, 5) is 14.3. The van der Waals surface area contributed by atoms with Gasteiger partial charge < -0.3 is 9.64 Å². The molecule has 0 atom stereocenters. The van der Waals surface area contributed by atoms with Crippen LogP contribution in [0.25, 0.3) is 0 Å². The second-order valence-corrected chi connectivity index (χ2v) is 6.20. The van der Waals surface area contributed by atoms with E-state index < -0.39 is 0 Å². The third kappa shape index (κ3) is 3.20. The summed E-state index contributed by atoms with van der Waals surface area (Å²) in [6, 6.07) is 0. The molecule has 1 aromatic rings. The van der Waals surface area contributed by atoms with Crippen LogP contribution in [0.2, 0.25) is 0 Å². The molecule has 2 rings (SSSR count). The van der Waals surface area contributed by atoms with Crippen LogP contribution in [0.5, 0.6) is 0 Å². The van der Waals surface area contributed by atoms with Gasteiger partial charge in [-0.05, 0) is 39.7 Å². The smallest absolute Gasteiger partial charge is 0.223 e. The maximum Gasteiger partial charge on any atom is 0.223 e. The summed E-state index contributed by atoms with van der Waals surface area (Å²) in [7, 11) is 1.94. The Morgan fingerprint density at radius 2 is 2.10 bits per heavy atom. The van der Waals surface area contributed by atoms with Crippen molar-refractivity contribution in [2.45, 2.75) is 46.1 Å². The number of hydrogen-bond donors (Lipinski definition) is 0. The van der Waals surface area contributed by atoms with Crippen molar-refractivity contribution in [2.24, 2.45) is 7.05 Å². The van der Waals surface area contributed by atoms with Gasteiger partial charge in [-0.25, -0.2) is 0 Å². The number of amides is 1. The van der Waals surface area contributed by atoms with Crippen molar-refractivity contribution in [2.75, 3.05) is 19.7 Å².